The number of hydrogen-bond acceptors (Lipinski definition) is 6. The molecule has 0 amide bonds. The molecule has 21 heavy (non-hydrogen) atoms. The predicted octanol–water partition coefficient (Wildman–Crippen LogP) is 3.63. The third-order valence-electron chi connectivity index (χ3n) is 2.42. The zero-order chi connectivity index (χ0) is 16.2. The Morgan fingerprint density at radius 2 is 1.52 bits per heavy atom. The monoisotopic (exact) mass is 317 g/mol. The van der Waals surface area contributed by atoms with Crippen LogP contribution in [0.4, 0.5) is 5.69 Å². The van der Waals surface area contributed by atoms with Crippen LogP contribution in [-0.4, -0.2) is 22.2 Å². The Bertz CT molecular complexity index is 514. The molecular formula is C13H20NO6P. The van der Waals surface area contributed by atoms with E-state index in [2.05, 4.69) is 0 Å². The Labute approximate surface area is 123 Å². The number of aliphatic hydroxyl groups excluding tert-OH is 1. The van der Waals surface area contributed by atoms with E-state index in [9.17, 15) is 19.8 Å². The molecule has 0 saturated heterocycles. The van der Waals surface area contributed by atoms with Crippen molar-refractivity contribution in [3.8, 4) is 0 Å². The Morgan fingerprint density at radius 3 is 1.86 bits per heavy atom. The molecule has 1 aromatic carbocycles. The topological polar surface area (TPSA) is 98.9 Å². The van der Waals surface area contributed by atoms with Crippen molar-refractivity contribution in [3.63, 3.8) is 0 Å². The van der Waals surface area contributed by atoms with Crippen LogP contribution < -0.4 is 0 Å². The molecule has 1 aromatic rings. The van der Waals surface area contributed by atoms with Crippen molar-refractivity contribution in [2.45, 2.75) is 45.7 Å². The molecule has 1 atom stereocenters. The Hall–Kier alpha value is -1.27. The van der Waals surface area contributed by atoms with E-state index in [-0.39, 0.29) is 11.3 Å². The van der Waals surface area contributed by atoms with Crippen LogP contribution in [0.1, 0.15) is 39.1 Å². The minimum absolute atomic E-state index is 0.115. The van der Waals surface area contributed by atoms with Crippen LogP contribution in [0.3, 0.4) is 0 Å². The van der Waals surface area contributed by atoms with Crippen molar-refractivity contribution >= 4 is 13.3 Å². The van der Waals surface area contributed by atoms with E-state index in [1.54, 1.807) is 27.7 Å². The number of nitrogens with zero attached hydrogens (tertiary/aromatic N) is 1. The summed E-state index contributed by atoms with van der Waals surface area (Å²) in [4.78, 5) is 10.1. The summed E-state index contributed by atoms with van der Waals surface area (Å²) in [7, 11) is -3.80. The molecule has 1 rings (SSSR count). The van der Waals surface area contributed by atoms with Gasteiger partial charge in [0.15, 0.2) is 5.85 Å². The summed E-state index contributed by atoms with van der Waals surface area (Å²) in [6.07, 6.45) is -0.801. The van der Waals surface area contributed by atoms with Crippen LogP contribution in [0.25, 0.3) is 0 Å². The number of rotatable bonds is 7. The second-order valence-electron chi connectivity index (χ2n) is 5.07. The van der Waals surface area contributed by atoms with E-state index in [0.717, 1.165) is 0 Å². The zero-order valence-electron chi connectivity index (χ0n) is 12.4. The molecule has 0 aromatic heterocycles. The number of nitro benzene ring substituents is 1. The molecule has 0 radical (unpaired) electrons. The molecule has 0 saturated carbocycles. The lowest BCUT2D eigenvalue weighted by atomic mass is 10.2. The maximum Gasteiger partial charge on any atom is 0.363 e. The average Bonchev–Trinajstić information content (AvgIpc) is 2.36. The third-order valence-corrected chi connectivity index (χ3v) is 4.75. The fraction of sp³-hybridized carbons (Fsp3) is 0.538. The number of nitro groups is 1. The highest BCUT2D eigenvalue weighted by molar-refractivity contribution is 7.54. The minimum Gasteiger partial charge on any atom is -0.376 e. The molecule has 0 spiro atoms. The molecule has 0 bridgehead atoms. The normalized spacial score (nSPS) is 13.7. The van der Waals surface area contributed by atoms with Crippen LogP contribution in [0.2, 0.25) is 0 Å². The molecule has 1 unspecified atom stereocenters. The number of aliphatic hydroxyl groups is 1. The molecule has 8 heteroatoms. The molecule has 0 aliphatic rings. The maximum atomic E-state index is 12.7. The van der Waals surface area contributed by atoms with E-state index < -0.39 is 30.6 Å². The first-order chi connectivity index (χ1) is 9.65. The van der Waals surface area contributed by atoms with Crippen molar-refractivity contribution in [1.82, 2.24) is 0 Å². The zero-order valence-corrected chi connectivity index (χ0v) is 13.3. The van der Waals surface area contributed by atoms with Crippen molar-refractivity contribution in [3.05, 3.63) is 39.9 Å². The summed E-state index contributed by atoms with van der Waals surface area (Å²) in [5, 5.41) is 20.9. The number of benzene rings is 1. The Morgan fingerprint density at radius 1 is 1.10 bits per heavy atom. The molecule has 0 aliphatic heterocycles. The second-order valence-corrected chi connectivity index (χ2v) is 7.06. The smallest absolute Gasteiger partial charge is 0.363 e. The highest BCUT2D eigenvalue weighted by atomic mass is 31.2. The van der Waals surface area contributed by atoms with Gasteiger partial charge in [0.05, 0.1) is 17.1 Å². The Kier molecular flexibility index (Phi) is 6.04. The maximum absolute atomic E-state index is 12.7. The number of hydrogen-bond donors (Lipinski definition) is 1. The molecule has 0 heterocycles. The van der Waals surface area contributed by atoms with Crippen LogP contribution >= 0.6 is 7.60 Å². The molecule has 118 valence electrons. The van der Waals surface area contributed by atoms with E-state index in [1.807, 2.05) is 0 Å². The summed E-state index contributed by atoms with van der Waals surface area (Å²) in [6, 6.07) is 5.13. The standard InChI is InChI=1S/C13H20NO6P/c1-9(2)19-21(18,20-10(3)4)13(15)11-5-7-12(8-6-11)14(16)17/h5-10,13,15H,1-4H3. The molecular weight excluding hydrogens is 297 g/mol. The van der Waals surface area contributed by atoms with Crippen molar-refractivity contribution in [2.75, 3.05) is 0 Å². The first kappa shape index (κ1) is 17.8. The van der Waals surface area contributed by atoms with Crippen molar-refractivity contribution in [2.24, 2.45) is 0 Å². The van der Waals surface area contributed by atoms with Gasteiger partial charge in [-0.1, -0.05) is 0 Å². The van der Waals surface area contributed by atoms with Crippen molar-refractivity contribution < 1.29 is 23.6 Å². The summed E-state index contributed by atoms with van der Waals surface area (Å²) in [5.74, 6) is -1.50. The van der Waals surface area contributed by atoms with Gasteiger partial charge >= 0.3 is 7.60 Å². The van der Waals surface area contributed by atoms with Crippen molar-refractivity contribution in [1.29, 1.82) is 0 Å². The van der Waals surface area contributed by atoms with Crippen LogP contribution in [0, 0.1) is 10.1 Å². The largest absolute Gasteiger partial charge is 0.376 e. The quantitative estimate of drug-likeness (QED) is 0.468. The minimum atomic E-state index is -3.80. The molecule has 0 fully saturated rings. The predicted molar refractivity (Wildman–Crippen MR) is 78.1 cm³/mol. The van der Waals surface area contributed by atoms with E-state index >= 15 is 0 Å². The first-order valence-electron chi connectivity index (χ1n) is 6.54. The SMILES string of the molecule is CC(C)OP(=O)(OC(C)C)C(O)c1ccc([N+](=O)[O-])cc1. The van der Waals surface area contributed by atoms with Gasteiger partial charge in [0, 0.05) is 12.1 Å². The second kappa shape index (κ2) is 7.13. The highest BCUT2D eigenvalue weighted by Crippen LogP contribution is 2.61. The van der Waals surface area contributed by atoms with Crippen LogP contribution in [-0.2, 0) is 13.6 Å². The van der Waals surface area contributed by atoms with Crippen LogP contribution in [0.15, 0.2) is 24.3 Å². The fourth-order valence-corrected chi connectivity index (χ4v) is 3.67. The summed E-state index contributed by atoms with van der Waals surface area (Å²) >= 11 is 0. The number of non-ortho nitro benzene ring substituents is 1. The Balaban J connectivity index is 3.07. The van der Waals surface area contributed by atoms with Gasteiger partial charge in [0.25, 0.3) is 5.69 Å². The summed E-state index contributed by atoms with van der Waals surface area (Å²) in [5.41, 5.74) is 0.126. The summed E-state index contributed by atoms with van der Waals surface area (Å²) in [6.45, 7) is 6.72. The van der Waals surface area contributed by atoms with Gasteiger partial charge in [-0.3, -0.25) is 14.7 Å². The average molecular weight is 317 g/mol. The first-order valence-corrected chi connectivity index (χ1v) is 8.16. The van der Waals surface area contributed by atoms with Gasteiger partial charge < -0.3 is 14.2 Å². The van der Waals surface area contributed by atoms with Gasteiger partial charge in [-0.15, -0.1) is 0 Å². The van der Waals surface area contributed by atoms with Gasteiger partial charge in [-0.05, 0) is 45.4 Å². The van der Waals surface area contributed by atoms with Gasteiger partial charge in [-0.2, -0.15) is 0 Å². The van der Waals surface area contributed by atoms with E-state index in [4.69, 9.17) is 9.05 Å². The lowest BCUT2D eigenvalue weighted by Gasteiger charge is -2.26. The highest BCUT2D eigenvalue weighted by Gasteiger charge is 2.38. The fourth-order valence-electron chi connectivity index (χ4n) is 1.68. The lowest BCUT2D eigenvalue weighted by molar-refractivity contribution is -0.384. The van der Waals surface area contributed by atoms with Gasteiger partial charge in [0.2, 0.25) is 0 Å². The van der Waals surface area contributed by atoms with Gasteiger partial charge in [-0.25, -0.2) is 0 Å². The lowest BCUT2D eigenvalue weighted by Crippen LogP contribution is -2.13. The van der Waals surface area contributed by atoms with Gasteiger partial charge in [0.1, 0.15) is 0 Å². The summed E-state index contributed by atoms with van der Waals surface area (Å²) < 4.78 is 23.3. The molecule has 7 nitrogen and oxygen atoms in total. The molecule has 0 aliphatic carbocycles. The third kappa shape index (κ3) is 4.89. The van der Waals surface area contributed by atoms with E-state index in [0.29, 0.717) is 0 Å². The van der Waals surface area contributed by atoms with Crippen LogP contribution in [0.5, 0.6) is 0 Å². The van der Waals surface area contributed by atoms with E-state index in [1.165, 1.54) is 24.3 Å². The molecule has 1 N–H and O–H groups in total.